The maximum atomic E-state index is 12.7. The molecule has 7 nitrogen and oxygen atoms in total. The van der Waals surface area contributed by atoms with Gasteiger partial charge in [0, 0.05) is 17.5 Å². The van der Waals surface area contributed by atoms with E-state index in [0.29, 0.717) is 19.1 Å². The number of rotatable bonds is 9. The van der Waals surface area contributed by atoms with Crippen LogP contribution in [0.1, 0.15) is 55.8 Å². The molecule has 0 aliphatic heterocycles. The smallest absolute Gasteiger partial charge is 0.239 e. The van der Waals surface area contributed by atoms with Gasteiger partial charge in [-0.3, -0.25) is 9.59 Å². The molecule has 2 aromatic rings. The van der Waals surface area contributed by atoms with E-state index in [1.807, 2.05) is 31.4 Å². The minimum absolute atomic E-state index is 0.0559. The molecule has 3 rings (SSSR count). The molecule has 0 unspecified atom stereocenters. The first-order valence-electron chi connectivity index (χ1n) is 10.2. The normalized spacial score (nSPS) is 14.7. The SMILES string of the molecule is CCN(CC(=O)NCc1cccs1)C(=O)CSc1nnc(C)n1C1CCCCC1. The minimum Gasteiger partial charge on any atom is -0.350 e. The maximum Gasteiger partial charge on any atom is 0.239 e. The zero-order chi connectivity index (χ0) is 20.6. The van der Waals surface area contributed by atoms with Crippen molar-refractivity contribution in [1.82, 2.24) is 25.0 Å². The molecule has 1 fully saturated rings. The number of carbonyl (C=O) groups excluding carboxylic acids is 2. The molecule has 1 aliphatic rings. The monoisotopic (exact) mass is 435 g/mol. The topological polar surface area (TPSA) is 80.1 Å². The predicted octanol–water partition coefficient (Wildman–Crippen LogP) is 3.41. The molecule has 1 aliphatic carbocycles. The van der Waals surface area contributed by atoms with Crippen LogP contribution >= 0.6 is 23.1 Å². The maximum absolute atomic E-state index is 12.7. The molecule has 0 radical (unpaired) electrons. The highest BCUT2D eigenvalue weighted by Crippen LogP contribution is 2.32. The highest BCUT2D eigenvalue weighted by atomic mass is 32.2. The Bertz CT molecular complexity index is 800. The third-order valence-electron chi connectivity index (χ3n) is 5.21. The van der Waals surface area contributed by atoms with Gasteiger partial charge in [-0.1, -0.05) is 37.1 Å². The fourth-order valence-corrected chi connectivity index (χ4v) is 5.23. The van der Waals surface area contributed by atoms with Crippen LogP contribution in [-0.2, 0) is 16.1 Å². The third kappa shape index (κ3) is 6.05. The van der Waals surface area contributed by atoms with Gasteiger partial charge in [0.25, 0.3) is 0 Å². The molecule has 158 valence electrons. The van der Waals surface area contributed by atoms with Crippen molar-refractivity contribution in [3.8, 4) is 0 Å². The van der Waals surface area contributed by atoms with Crippen molar-refractivity contribution >= 4 is 34.9 Å². The van der Waals surface area contributed by atoms with Gasteiger partial charge in [-0.2, -0.15) is 0 Å². The van der Waals surface area contributed by atoms with E-state index in [-0.39, 0.29) is 24.1 Å². The zero-order valence-corrected chi connectivity index (χ0v) is 18.7. The van der Waals surface area contributed by atoms with Crippen molar-refractivity contribution in [2.24, 2.45) is 0 Å². The Balaban J connectivity index is 1.51. The van der Waals surface area contributed by atoms with E-state index >= 15 is 0 Å². The summed E-state index contributed by atoms with van der Waals surface area (Å²) in [5, 5.41) is 14.2. The summed E-state index contributed by atoms with van der Waals surface area (Å²) in [5.41, 5.74) is 0. The van der Waals surface area contributed by atoms with Gasteiger partial charge in [-0.05, 0) is 38.1 Å². The van der Waals surface area contributed by atoms with Gasteiger partial charge in [-0.15, -0.1) is 21.5 Å². The summed E-state index contributed by atoms with van der Waals surface area (Å²) >= 11 is 3.02. The van der Waals surface area contributed by atoms with E-state index in [1.54, 1.807) is 16.2 Å². The lowest BCUT2D eigenvalue weighted by Crippen LogP contribution is -2.41. The molecule has 0 saturated heterocycles. The first-order valence-corrected chi connectivity index (χ1v) is 12.1. The fourth-order valence-electron chi connectivity index (χ4n) is 3.63. The van der Waals surface area contributed by atoms with E-state index in [9.17, 15) is 9.59 Å². The standard InChI is InChI=1S/C20H29N5O2S2/c1-3-24(13-18(26)21-12-17-10-7-11-28-17)19(27)14-29-20-23-22-15(2)25(20)16-8-5-4-6-9-16/h7,10-11,16H,3-6,8-9,12-14H2,1-2H3,(H,21,26). The quantitative estimate of drug-likeness (QED) is 0.611. The van der Waals surface area contributed by atoms with Gasteiger partial charge in [0.1, 0.15) is 5.82 Å². The Morgan fingerprint density at radius 1 is 1.31 bits per heavy atom. The summed E-state index contributed by atoms with van der Waals surface area (Å²) in [7, 11) is 0. The Hall–Kier alpha value is -1.87. The molecule has 0 bridgehead atoms. The molecule has 0 spiro atoms. The molecule has 2 aromatic heterocycles. The fraction of sp³-hybridized carbons (Fsp3) is 0.600. The summed E-state index contributed by atoms with van der Waals surface area (Å²) in [6, 6.07) is 4.37. The number of hydrogen-bond acceptors (Lipinski definition) is 6. The highest BCUT2D eigenvalue weighted by Gasteiger charge is 2.23. The van der Waals surface area contributed by atoms with Crippen LogP contribution in [0.15, 0.2) is 22.7 Å². The van der Waals surface area contributed by atoms with Gasteiger partial charge in [0.15, 0.2) is 5.16 Å². The molecule has 9 heteroatoms. The van der Waals surface area contributed by atoms with Crippen LogP contribution in [0.25, 0.3) is 0 Å². The first-order chi connectivity index (χ1) is 14.1. The van der Waals surface area contributed by atoms with E-state index < -0.39 is 0 Å². The van der Waals surface area contributed by atoms with Crippen molar-refractivity contribution in [1.29, 1.82) is 0 Å². The summed E-state index contributed by atoms with van der Waals surface area (Å²) < 4.78 is 2.20. The van der Waals surface area contributed by atoms with Crippen LogP contribution in [-0.4, -0.2) is 50.3 Å². The lowest BCUT2D eigenvalue weighted by Gasteiger charge is -2.25. The van der Waals surface area contributed by atoms with Crippen LogP contribution in [0.3, 0.4) is 0 Å². The zero-order valence-electron chi connectivity index (χ0n) is 17.1. The summed E-state index contributed by atoms with van der Waals surface area (Å²) in [4.78, 5) is 27.6. The van der Waals surface area contributed by atoms with Crippen LogP contribution in [0, 0.1) is 6.92 Å². The molecule has 29 heavy (non-hydrogen) atoms. The van der Waals surface area contributed by atoms with Gasteiger partial charge in [0.05, 0.1) is 18.8 Å². The predicted molar refractivity (Wildman–Crippen MR) is 116 cm³/mol. The van der Waals surface area contributed by atoms with Gasteiger partial charge >= 0.3 is 0 Å². The van der Waals surface area contributed by atoms with Crippen LogP contribution in [0.5, 0.6) is 0 Å². The average Bonchev–Trinajstić information content (AvgIpc) is 3.39. The van der Waals surface area contributed by atoms with Crippen molar-refractivity contribution < 1.29 is 9.59 Å². The number of likely N-dealkylation sites (N-methyl/N-ethyl adjacent to an activating group) is 1. The second-order valence-corrected chi connectivity index (χ2v) is 9.22. The van der Waals surface area contributed by atoms with Crippen molar-refractivity contribution in [2.75, 3.05) is 18.8 Å². The summed E-state index contributed by atoms with van der Waals surface area (Å²) in [6.07, 6.45) is 6.04. The third-order valence-corrected chi connectivity index (χ3v) is 7.01. The van der Waals surface area contributed by atoms with E-state index in [1.165, 1.54) is 31.0 Å². The Kier molecular flexibility index (Phi) is 8.11. The molecular weight excluding hydrogens is 406 g/mol. The summed E-state index contributed by atoms with van der Waals surface area (Å²) in [5.74, 6) is 0.975. The lowest BCUT2D eigenvalue weighted by atomic mass is 9.95. The number of nitrogens with one attached hydrogen (secondary N) is 1. The van der Waals surface area contributed by atoms with Gasteiger partial charge in [-0.25, -0.2) is 0 Å². The van der Waals surface area contributed by atoms with Crippen LogP contribution in [0.2, 0.25) is 0 Å². The largest absolute Gasteiger partial charge is 0.350 e. The Labute approximate surface area is 180 Å². The van der Waals surface area contributed by atoms with E-state index in [2.05, 4.69) is 20.1 Å². The van der Waals surface area contributed by atoms with Crippen molar-refractivity contribution in [2.45, 2.75) is 63.7 Å². The van der Waals surface area contributed by atoms with Crippen LogP contribution in [0.4, 0.5) is 0 Å². The molecule has 2 heterocycles. The number of thioether (sulfide) groups is 1. The molecule has 1 saturated carbocycles. The number of thiophene rings is 1. The number of hydrogen-bond donors (Lipinski definition) is 1. The number of nitrogens with zero attached hydrogens (tertiary/aromatic N) is 4. The summed E-state index contributed by atoms with van der Waals surface area (Å²) in [6.45, 7) is 4.95. The second kappa shape index (κ2) is 10.8. The number of aromatic nitrogens is 3. The number of carbonyl (C=O) groups is 2. The number of aryl methyl sites for hydroxylation is 1. The average molecular weight is 436 g/mol. The van der Waals surface area contributed by atoms with Crippen LogP contribution < -0.4 is 5.32 Å². The van der Waals surface area contributed by atoms with Gasteiger partial charge < -0.3 is 14.8 Å². The highest BCUT2D eigenvalue weighted by molar-refractivity contribution is 7.99. The second-order valence-electron chi connectivity index (χ2n) is 7.24. The minimum atomic E-state index is -0.139. The first kappa shape index (κ1) is 21.8. The molecule has 0 aromatic carbocycles. The molecule has 1 N–H and O–H groups in total. The Morgan fingerprint density at radius 3 is 2.79 bits per heavy atom. The lowest BCUT2D eigenvalue weighted by molar-refractivity contribution is -0.133. The van der Waals surface area contributed by atoms with E-state index in [4.69, 9.17) is 0 Å². The molecule has 0 atom stereocenters. The van der Waals surface area contributed by atoms with Gasteiger partial charge in [0.2, 0.25) is 11.8 Å². The van der Waals surface area contributed by atoms with Crippen molar-refractivity contribution in [3.05, 3.63) is 28.2 Å². The number of amides is 2. The van der Waals surface area contributed by atoms with Crippen molar-refractivity contribution in [3.63, 3.8) is 0 Å². The van der Waals surface area contributed by atoms with E-state index in [0.717, 1.165) is 28.7 Å². The Morgan fingerprint density at radius 2 is 2.10 bits per heavy atom. The molecule has 2 amide bonds. The molecular formula is C20H29N5O2S2.